The third kappa shape index (κ3) is 4.32. The summed E-state index contributed by atoms with van der Waals surface area (Å²) in [4.78, 5) is 31.7. The van der Waals surface area contributed by atoms with E-state index in [1.165, 1.54) is 24.3 Å². The molecule has 1 rings (SSSR count). The number of aliphatic carboxylic acids is 2. The summed E-state index contributed by atoms with van der Waals surface area (Å²) < 4.78 is 0. The molecule has 0 bridgehead atoms. The molecule has 1 aromatic carbocycles. The molecule has 4 N–H and O–H groups in total. The lowest BCUT2D eigenvalue weighted by Crippen LogP contribution is -2.35. The van der Waals surface area contributed by atoms with E-state index in [0.29, 0.717) is 5.56 Å². The minimum atomic E-state index is -1.26. The van der Waals surface area contributed by atoms with Crippen LogP contribution in [-0.2, 0) is 16.0 Å². The lowest BCUT2D eigenvalue weighted by atomic mass is 9.93. The fourth-order valence-corrected chi connectivity index (χ4v) is 1.72. The Balaban J connectivity index is 2.77. The lowest BCUT2D eigenvalue weighted by molar-refractivity contribution is -0.384. The lowest BCUT2D eigenvalue weighted by Gasteiger charge is -2.14. The number of nitro groups is 1. The van der Waals surface area contributed by atoms with Gasteiger partial charge in [0.05, 0.1) is 10.8 Å². The molecule has 20 heavy (non-hydrogen) atoms. The third-order valence-electron chi connectivity index (χ3n) is 2.83. The first kappa shape index (κ1) is 15.6. The zero-order valence-electron chi connectivity index (χ0n) is 10.4. The third-order valence-corrected chi connectivity index (χ3v) is 2.83. The maximum Gasteiger partial charge on any atom is 0.320 e. The number of carboxylic acids is 2. The van der Waals surface area contributed by atoms with Gasteiger partial charge in [-0.3, -0.25) is 19.7 Å². The molecule has 0 saturated carbocycles. The van der Waals surface area contributed by atoms with Gasteiger partial charge in [0, 0.05) is 12.1 Å². The summed E-state index contributed by atoms with van der Waals surface area (Å²) in [6, 6.07) is 4.17. The van der Waals surface area contributed by atoms with Crippen LogP contribution in [0.1, 0.15) is 12.0 Å². The second kappa shape index (κ2) is 6.62. The zero-order valence-corrected chi connectivity index (χ0v) is 10.4. The normalized spacial score (nSPS) is 13.4. The number of benzene rings is 1. The Hall–Kier alpha value is -2.48. The SMILES string of the molecule is N[C@H](CC(Cc1ccc([N+](=O)[O-])cc1)C(=O)O)C(=O)O. The molecule has 0 spiro atoms. The van der Waals surface area contributed by atoms with Gasteiger partial charge in [-0.05, 0) is 18.4 Å². The highest BCUT2D eigenvalue weighted by molar-refractivity contribution is 5.76. The van der Waals surface area contributed by atoms with Crippen molar-refractivity contribution in [3.8, 4) is 0 Å². The molecule has 0 amide bonds. The smallest absolute Gasteiger partial charge is 0.320 e. The number of rotatable bonds is 7. The van der Waals surface area contributed by atoms with Crippen molar-refractivity contribution in [2.75, 3.05) is 0 Å². The number of hydrogen-bond donors (Lipinski definition) is 3. The second-order valence-electron chi connectivity index (χ2n) is 4.34. The highest BCUT2D eigenvalue weighted by atomic mass is 16.6. The molecular formula is C12H14N2O6. The highest BCUT2D eigenvalue weighted by Crippen LogP contribution is 2.18. The van der Waals surface area contributed by atoms with Gasteiger partial charge in [0.25, 0.3) is 5.69 Å². The fraction of sp³-hybridized carbons (Fsp3) is 0.333. The number of non-ortho nitro benzene ring substituents is 1. The van der Waals surface area contributed by atoms with Crippen molar-refractivity contribution in [1.29, 1.82) is 0 Å². The van der Waals surface area contributed by atoms with Gasteiger partial charge in [0.1, 0.15) is 6.04 Å². The summed E-state index contributed by atoms with van der Waals surface area (Å²) in [6.45, 7) is 0. The van der Waals surface area contributed by atoms with Crippen LogP contribution in [-0.4, -0.2) is 33.1 Å². The first-order valence-electron chi connectivity index (χ1n) is 5.75. The molecule has 0 heterocycles. The summed E-state index contributed by atoms with van der Waals surface area (Å²) >= 11 is 0. The van der Waals surface area contributed by atoms with Gasteiger partial charge in [0.15, 0.2) is 0 Å². The average Bonchev–Trinajstić information content (AvgIpc) is 2.38. The van der Waals surface area contributed by atoms with Crippen LogP contribution in [0.4, 0.5) is 5.69 Å². The van der Waals surface area contributed by atoms with Crippen molar-refractivity contribution < 1.29 is 24.7 Å². The summed E-state index contributed by atoms with van der Waals surface area (Å²) in [5.41, 5.74) is 5.80. The molecular weight excluding hydrogens is 268 g/mol. The predicted octanol–water partition coefficient (Wildman–Crippen LogP) is 0.640. The Morgan fingerprint density at radius 1 is 1.20 bits per heavy atom. The molecule has 0 aliphatic rings. The van der Waals surface area contributed by atoms with Crippen molar-refractivity contribution in [2.45, 2.75) is 18.9 Å². The van der Waals surface area contributed by atoms with E-state index in [2.05, 4.69) is 0 Å². The maximum atomic E-state index is 11.1. The maximum absolute atomic E-state index is 11.1. The molecule has 2 atom stereocenters. The Morgan fingerprint density at radius 3 is 2.15 bits per heavy atom. The Labute approximate surface area is 114 Å². The number of carbonyl (C=O) groups is 2. The zero-order chi connectivity index (χ0) is 15.3. The van der Waals surface area contributed by atoms with Gasteiger partial charge < -0.3 is 15.9 Å². The Bertz CT molecular complexity index is 513. The number of nitrogens with zero attached hydrogens (tertiary/aromatic N) is 1. The largest absolute Gasteiger partial charge is 0.481 e. The van der Waals surface area contributed by atoms with E-state index < -0.39 is 28.8 Å². The quantitative estimate of drug-likeness (QED) is 0.491. The minimum absolute atomic E-state index is 0.0638. The van der Waals surface area contributed by atoms with Crippen LogP contribution >= 0.6 is 0 Å². The molecule has 0 aliphatic carbocycles. The number of nitro benzene ring substituents is 1. The van der Waals surface area contributed by atoms with E-state index >= 15 is 0 Å². The molecule has 0 saturated heterocycles. The molecule has 0 fully saturated rings. The minimum Gasteiger partial charge on any atom is -0.481 e. The molecule has 0 radical (unpaired) electrons. The van der Waals surface area contributed by atoms with E-state index in [4.69, 9.17) is 15.9 Å². The van der Waals surface area contributed by atoms with Crippen molar-refractivity contribution in [3.63, 3.8) is 0 Å². The van der Waals surface area contributed by atoms with Crippen LogP contribution < -0.4 is 5.73 Å². The summed E-state index contributed by atoms with van der Waals surface area (Å²) in [5, 5.41) is 28.2. The molecule has 0 aromatic heterocycles. The highest BCUT2D eigenvalue weighted by Gasteiger charge is 2.24. The standard InChI is InChI=1S/C12H14N2O6/c13-10(12(17)18)6-8(11(15)16)5-7-1-3-9(4-2-7)14(19)20/h1-4,8,10H,5-6,13H2,(H,15,16)(H,17,18)/t8?,10-/m1/s1. The van der Waals surface area contributed by atoms with E-state index in [-0.39, 0.29) is 18.5 Å². The van der Waals surface area contributed by atoms with Crippen molar-refractivity contribution >= 4 is 17.6 Å². The van der Waals surface area contributed by atoms with Gasteiger partial charge >= 0.3 is 11.9 Å². The van der Waals surface area contributed by atoms with E-state index in [9.17, 15) is 19.7 Å². The first-order chi connectivity index (χ1) is 9.31. The number of hydrogen-bond acceptors (Lipinski definition) is 5. The topological polar surface area (TPSA) is 144 Å². The van der Waals surface area contributed by atoms with Crippen LogP contribution in [0.15, 0.2) is 24.3 Å². The molecule has 8 heteroatoms. The average molecular weight is 282 g/mol. The summed E-state index contributed by atoms with van der Waals surface area (Å²) in [5.74, 6) is -3.37. The van der Waals surface area contributed by atoms with Gasteiger partial charge in [-0.2, -0.15) is 0 Å². The van der Waals surface area contributed by atoms with Crippen molar-refractivity contribution in [3.05, 3.63) is 39.9 Å². The van der Waals surface area contributed by atoms with Gasteiger partial charge in [-0.1, -0.05) is 12.1 Å². The van der Waals surface area contributed by atoms with E-state index in [1.807, 2.05) is 0 Å². The van der Waals surface area contributed by atoms with Gasteiger partial charge in [-0.15, -0.1) is 0 Å². The van der Waals surface area contributed by atoms with Crippen LogP contribution in [0.25, 0.3) is 0 Å². The van der Waals surface area contributed by atoms with Gasteiger partial charge in [0.2, 0.25) is 0 Å². The molecule has 108 valence electrons. The summed E-state index contributed by atoms with van der Waals surface area (Å²) in [7, 11) is 0. The van der Waals surface area contributed by atoms with Crippen LogP contribution in [0.5, 0.6) is 0 Å². The van der Waals surface area contributed by atoms with Crippen LogP contribution in [0.2, 0.25) is 0 Å². The Morgan fingerprint density at radius 2 is 1.75 bits per heavy atom. The molecule has 8 nitrogen and oxygen atoms in total. The predicted molar refractivity (Wildman–Crippen MR) is 68.2 cm³/mol. The van der Waals surface area contributed by atoms with Gasteiger partial charge in [-0.25, -0.2) is 0 Å². The Kier molecular flexibility index (Phi) is 5.15. The number of carboxylic acid groups (broad SMARTS) is 2. The van der Waals surface area contributed by atoms with E-state index in [1.54, 1.807) is 0 Å². The van der Waals surface area contributed by atoms with E-state index in [0.717, 1.165) is 0 Å². The molecule has 1 unspecified atom stereocenters. The fourth-order valence-electron chi connectivity index (χ4n) is 1.72. The van der Waals surface area contributed by atoms with Crippen LogP contribution in [0, 0.1) is 16.0 Å². The van der Waals surface area contributed by atoms with Crippen molar-refractivity contribution in [1.82, 2.24) is 0 Å². The summed E-state index contributed by atoms with van der Waals surface area (Å²) in [6.07, 6.45) is -0.143. The van der Waals surface area contributed by atoms with Crippen LogP contribution in [0.3, 0.4) is 0 Å². The molecule has 1 aromatic rings. The first-order valence-corrected chi connectivity index (χ1v) is 5.75. The second-order valence-corrected chi connectivity index (χ2v) is 4.34. The molecule has 0 aliphatic heterocycles. The van der Waals surface area contributed by atoms with Crippen molar-refractivity contribution in [2.24, 2.45) is 11.7 Å². The monoisotopic (exact) mass is 282 g/mol. The number of nitrogens with two attached hydrogens (primary N) is 1.